The summed E-state index contributed by atoms with van der Waals surface area (Å²) in [5.74, 6) is -0.546. The van der Waals surface area contributed by atoms with Gasteiger partial charge in [0.2, 0.25) is 0 Å². The first-order valence-electron chi connectivity index (χ1n) is 9.50. The molecule has 1 N–H and O–H groups in total. The third-order valence-electron chi connectivity index (χ3n) is 5.15. The second kappa shape index (κ2) is 8.35. The Kier molecular flexibility index (Phi) is 5.65. The highest BCUT2D eigenvalue weighted by atomic mass is 35.5. The molecule has 1 saturated heterocycles. The molecule has 0 bridgehead atoms. The molecule has 0 spiro atoms. The van der Waals surface area contributed by atoms with E-state index < -0.39 is 5.82 Å². The molecule has 1 aliphatic heterocycles. The SMILES string of the molecule is Cc1onc(-c2c(F)cccc2Cl)c1C(=O)N[C@@H]1CCN(Cc2ccccc2)C1. The Hall–Kier alpha value is -2.70. The summed E-state index contributed by atoms with van der Waals surface area (Å²) in [6, 6.07) is 14.6. The molecule has 29 heavy (non-hydrogen) atoms. The number of amides is 1. The average molecular weight is 414 g/mol. The Morgan fingerprint density at radius 1 is 1.28 bits per heavy atom. The van der Waals surface area contributed by atoms with Gasteiger partial charge in [-0.25, -0.2) is 4.39 Å². The van der Waals surface area contributed by atoms with Crippen LogP contribution in [-0.4, -0.2) is 35.1 Å². The molecule has 1 fully saturated rings. The van der Waals surface area contributed by atoms with Gasteiger partial charge in [-0.15, -0.1) is 0 Å². The van der Waals surface area contributed by atoms with Crippen LogP contribution in [-0.2, 0) is 6.54 Å². The molecule has 1 atom stereocenters. The Bertz CT molecular complexity index is 1000. The van der Waals surface area contributed by atoms with Crippen molar-refractivity contribution in [3.63, 3.8) is 0 Å². The number of halogens is 2. The number of aromatic nitrogens is 1. The minimum atomic E-state index is -0.547. The molecule has 0 saturated carbocycles. The second-order valence-electron chi connectivity index (χ2n) is 7.24. The van der Waals surface area contributed by atoms with E-state index in [-0.39, 0.29) is 33.8 Å². The van der Waals surface area contributed by atoms with Gasteiger partial charge < -0.3 is 9.84 Å². The molecule has 5 nitrogen and oxygen atoms in total. The number of likely N-dealkylation sites (tertiary alicyclic amines) is 1. The Morgan fingerprint density at radius 2 is 2.07 bits per heavy atom. The topological polar surface area (TPSA) is 58.4 Å². The van der Waals surface area contributed by atoms with E-state index in [4.69, 9.17) is 16.1 Å². The number of carbonyl (C=O) groups excluding carboxylic acids is 1. The van der Waals surface area contributed by atoms with Gasteiger partial charge in [0.15, 0.2) is 0 Å². The highest BCUT2D eigenvalue weighted by Crippen LogP contribution is 2.33. The molecule has 150 valence electrons. The summed E-state index contributed by atoms with van der Waals surface area (Å²) < 4.78 is 19.5. The summed E-state index contributed by atoms with van der Waals surface area (Å²) >= 11 is 6.16. The molecule has 1 amide bonds. The molecule has 7 heteroatoms. The maximum atomic E-state index is 14.3. The quantitative estimate of drug-likeness (QED) is 0.671. The van der Waals surface area contributed by atoms with Crippen LogP contribution in [0.15, 0.2) is 53.1 Å². The lowest BCUT2D eigenvalue weighted by Crippen LogP contribution is -2.37. The summed E-state index contributed by atoms with van der Waals surface area (Å²) in [6.45, 7) is 4.13. The predicted octanol–water partition coefficient (Wildman–Crippen LogP) is 4.45. The van der Waals surface area contributed by atoms with E-state index in [1.807, 2.05) is 18.2 Å². The summed E-state index contributed by atoms with van der Waals surface area (Å²) in [4.78, 5) is 15.3. The zero-order valence-electron chi connectivity index (χ0n) is 16.0. The van der Waals surface area contributed by atoms with Crippen molar-refractivity contribution < 1.29 is 13.7 Å². The molecule has 0 aliphatic carbocycles. The average Bonchev–Trinajstić information content (AvgIpc) is 3.29. The standard InChI is InChI=1S/C22H21ClFN3O2/c1-14-19(21(26-29-14)20-17(23)8-5-9-18(20)24)22(28)25-16-10-11-27(13-16)12-15-6-3-2-4-7-15/h2-9,16H,10-13H2,1H3,(H,25,28)/t16-/m1/s1. The van der Waals surface area contributed by atoms with E-state index >= 15 is 0 Å². The molecular formula is C22H21ClFN3O2. The molecule has 4 rings (SSSR count). The maximum Gasteiger partial charge on any atom is 0.257 e. The van der Waals surface area contributed by atoms with Crippen molar-refractivity contribution in [2.75, 3.05) is 13.1 Å². The van der Waals surface area contributed by atoms with Crippen molar-refractivity contribution in [2.45, 2.75) is 25.9 Å². The number of aryl methyl sites for hydroxylation is 1. The van der Waals surface area contributed by atoms with Gasteiger partial charge in [0.25, 0.3) is 5.91 Å². The van der Waals surface area contributed by atoms with Crippen LogP contribution >= 0.6 is 11.6 Å². The number of nitrogens with one attached hydrogen (secondary N) is 1. The molecule has 2 heterocycles. The lowest BCUT2D eigenvalue weighted by molar-refractivity contribution is 0.0936. The lowest BCUT2D eigenvalue weighted by atomic mass is 10.0. The van der Waals surface area contributed by atoms with Gasteiger partial charge in [0.05, 0.1) is 10.6 Å². The zero-order valence-corrected chi connectivity index (χ0v) is 16.7. The molecule has 3 aromatic rings. The van der Waals surface area contributed by atoms with Crippen LogP contribution in [0, 0.1) is 12.7 Å². The van der Waals surface area contributed by atoms with Crippen molar-refractivity contribution in [1.82, 2.24) is 15.4 Å². The van der Waals surface area contributed by atoms with Crippen LogP contribution in [0.4, 0.5) is 4.39 Å². The predicted molar refractivity (Wildman–Crippen MR) is 109 cm³/mol. The van der Waals surface area contributed by atoms with Gasteiger partial charge >= 0.3 is 0 Å². The first-order chi connectivity index (χ1) is 14.0. The van der Waals surface area contributed by atoms with E-state index in [9.17, 15) is 9.18 Å². The normalized spacial score (nSPS) is 16.9. The van der Waals surface area contributed by atoms with Gasteiger partial charge in [0.1, 0.15) is 22.8 Å². The first kappa shape index (κ1) is 19.6. The van der Waals surface area contributed by atoms with Crippen molar-refractivity contribution in [3.8, 4) is 11.3 Å². The van der Waals surface area contributed by atoms with Gasteiger partial charge in [-0.3, -0.25) is 9.69 Å². The number of rotatable bonds is 5. The molecule has 2 aromatic carbocycles. The van der Waals surface area contributed by atoms with Crippen LogP contribution in [0.25, 0.3) is 11.3 Å². The van der Waals surface area contributed by atoms with Crippen LogP contribution in [0.3, 0.4) is 0 Å². The highest BCUT2D eigenvalue weighted by Gasteiger charge is 2.29. The van der Waals surface area contributed by atoms with Crippen molar-refractivity contribution in [3.05, 3.63) is 76.3 Å². The van der Waals surface area contributed by atoms with E-state index in [2.05, 4.69) is 27.5 Å². The summed E-state index contributed by atoms with van der Waals surface area (Å²) in [5.41, 5.74) is 1.67. The molecule has 1 aliphatic rings. The fraction of sp³-hybridized carbons (Fsp3) is 0.273. The summed E-state index contributed by atoms with van der Waals surface area (Å²) in [7, 11) is 0. The van der Waals surface area contributed by atoms with Gasteiger partial charge in [-0.05, 0) is 31.0 Å². The minimum Gasteiger partial charge on any atom is -0.360 e. The van der Waals surface area contributed by atoms with Crippen LogP contribution in [0.1, 0.15) is 28.1 Å². The second-order valence-corrected chi connectivity index (χ2v) is 7.65. The van der Waals surface area contributed by atoms with Gasteiger partial charge in [-0.2, -0.15) is 0 Å². The van der Waals surface area contributed by atoms with Crippen molar-refractivity contribution >= 4 is 17.5 Å². The Balaban J connectivity index is 1.48. The first-order valence-corrected chi connectivity index (χ1v) is 9.88. The van der Waals surface area contributed by atoms with Crippen LogP contribution < -0.4 is 5.32 Å². The van der Waals surface area contributed by atoms with Crippen molar-refractivity contribution in [2.24, 2.45) is 0 Å². The molecule has 1 aromatic heterocycles. The smallest absolute Gasteiger partial charge is 0.257 e. The van der Waals surface area contributed by atoms with E-state index in [1.54, 1.807) is 13.0 Å². The lowest BCUT2D eigenvalue weighted by Gasteiger charge is -2.17. The highest BCUT2D eigenvalue weighted by molar-refractivity contribution is 6.33. The number of carbonyl (C=O) groups is 1. The van der Waals surface area contributed by atoms with E-state index in [0.29, 0.717) is 5.76 Å². The number of hydrogen-bond donors (Lipinski definition) is 1. The minimum absolute atomic E-state index is 0.00412. The zero-order chi connectivity index (χ0) is 20.4. The van der Waals surface area contributed by atoms with Gasteiger partial charge in [-0.1, -0.05) is 53.2 Å². The largest absolute Gasteiger partial charge is 0.360 e. The third kappa shape index (κ3) is 4.18. The molecule has 0 radical (unpaired) electrons. The Morgan fingerprint density at radius 3 is 2.83 bits per heavy atom. The fourth-order valence-electron chi connectivity index (χ4n) is 3.73. The maximum absolute atomic E-state index is 14.3. The van der Waals surface area contributed by atoms with Crippen LogP contribution in [0.5, 0.6) is 0 Å². The fourth-order valence-corrected chi connectivity index (χ4v) is 3.98. The molecular weight excluding hydrogens is 393 g/mol. The van der Waals surface area contributed by atoms with Crippen molar-refractivity contribution in [1.29, 1.82) is 0 Å². The summed E-state index contributed by atoms with van der Waals surface area (Å²) in [6.07, 6.45) is 0.846. The van der Waals surface area contributed by atoms with E-state index in [1.165, 1.54) is 17.7 Å². The number of nitrogens with zero attached hydrogens (tertiary/aromatic N) is 2. The van der Waals surface area contributed by atoms with Crippen LogP contribution in [0.2, 0.25) is 5.02 Å². The molecule has 0 unspecified atom stereocenters. The van der Waals surface area contributed by atoms with Gasteiger partial charge in [0, 0.05) is 25.7 Å². The summed E-state index contributed by atoms with van der Waals surface area (Å²) in [5, 5.41) is 7.13. The third-order valence-corrected chi connectivity index (χ3v) is 5.46. The Labute approximate surface area is 173 Å². The number of hydrogen-bond acceptors (Lipinski definition) is 4. The van der Waals surface area contributed by atoms with E-state index in [0.717, 1.165) is 26.1 Å². The number of benzene rings is 2. The monoisotopic (exact) mass is 413 g/mol.